The summed E-state index contributed by atoms with van der Waals surface area (Å²) in [5, 5.41) is 5.11. The van der Waals surface area contributed by atoms with Crippen LogP contribution < -0.4 is 10.9 Å². The highest BCUT2D eigenvalue weighted by molar-refractivity contribution is 7.86. The van der Waals surface area contributed by atoms with Crippen LogP contribution in [0.1, 0.15) is 19.3 Å². The zero-order valence-electron chi connectivity index (χ0n) is 9.38. The molecule has 0 bridgehead atoms. The minimum Gasteiger partial charge on any atom is -0.328 e. The Labute approximate surface area is 96.7 Å². The quantitative estimate of drug-likeness (QED) is 0.634. The molecule has 0 amide bonds. The minimum atomic E-state index is -3.50. The number of likely N-dealkylation sites (tertiary alicyclic amines) is 1. The van der Waals surface area contributed by atoms with Gasteiger partial charge in [0.05, 0.1) is 0 Å². The monoisotopic (exact) mass is 248 g/mol. The van der Waals surface area contributed by atoms with Crippen molar-refractivity contribution >= 4 is 10.2 Å². The molecule has 2 rings (SSSR count). The van der Waals surface area contributed by atoms with Crippen molar-refractivity contribution in [1.29, 1.82) is 0 Å². The van der Waals surface area contributed by atoms with E-state index in [1.807, 2.05) is 0 Å². The first-order chi connectivity index (χ1) is 7.47. The maximum absolute atomic E-state index is 11.2. The Morgan fingerprint density at radius 2 is 1.69 bits per heavy atom. The summed E-state index contributed by atoms with van der Waals surface area (Å²) in [7, 11) is -3.50. The summed E-state index contributed by atoms with van der Waals surface area (Å²) in [5.74, 6) is 0. The van der Waals surface area contributed by atoms with E-state index in [2.05, 4.69) is 4.90 Å². The lowest BCUT2D eigenvalue weighted by Crippen LogP contribution is -2.46. The number of nitrogens with two attached hydrogens (primary N) is 2. The molecule has 16 heavy (non-hydrogen) atoms. The summed E-state index contributed by atoms with van der Waals surface area (Å²) in [5.41, 5.74) is 5.84. The molecule has 2 aliphatic heterocycles. The SMILES string of the molecule is NC1CCN(C2CCN(S(N)(=O)=O)C2)CC1. The van der Waals surface area contributed by atoms with Crippen LogP contribution in [-0.2, 0) is 10.2 Å². The van der Waals surface area contributed by atoms with Crippen molar-refractivity contribution < 1.29 is 8.42 Å². The third kappa shape index (κ3) is 2.72. The summed E-state index contributed by atoms with van der Waals surface area (Å²) >= 11 is 0. The van der Waals surface area contributed by atoms with Gasteiger partial charge in [0.15, 0.2) is 0 Å². The van der Waals surface area contributed by atoms with Crippen molar-refractivity contribution in [2.75, 3.05) is 26.2 Å². The van der Waals surface area contributed by atoms with Gasteiger partial charge in [-0.1, -0.05) is 0 Å². The van der Waals surface area contributed by atoms with E-state index in [0.717, 1.165) is 32.4 Å². The lowest BCUT2D eigenvalue weighted by atomic mass is 10.0. The number of rotatable bonds is 2. The van der Waals surface area contributed by atoms with Crippen LogP contribution in [0.2, 0.25) is 0 Å². The summed E-state index contributed by atoms with van der Waals surface area (Å²) in [6.07, 6.45) is 2.89. The van der Waals surface area contributed by atoms with Crippen LogP contribution in [0.25, 0.3) is 0 Å². The van der Waals surface area contributed by atoms with Crippen molar-refractivity contribution in [2.24, 2.45) is 10.9 Å². The Morgan fingerprint density at radius 3 is 2.19 bits per heavy atom. The first-order valence-electron chi connectivity index (χ1n) is 5.74. The van der Waals surface area contributed by atoms with Gasteiger partial charge in [-0.2, -0.15) is 12.7 Å². The van der Waals surface area contributed by atoms with Gasteiger partial charge < -0.3 is 5.73 Å². The van der Waals surface area contributed by atoms with E-state index in [0.29, 0.717) is 25.2 Å². The molecular formula is C9H20N4O2S. The van der Waals surface area contributed by atoms with Crippen LogP contribution in [0, 0.1) is 0 Å². The Hall–Kier alpha value is -0.210. The second kappa shape index (κ2) is 4.58. The zero-order chi connectivity index (χ0) is 11.8. The fraction of sp³-hybridized carbons (Fsp3) is 1.00. The first kappa shape index (κ1) is 12.3. The van der Waals surface area contributed by atoms with Crippen LogP contribution >= 0.6 is 0 Å². The second-order valence-corrected chi connectivity index (χ2v) is 6.27. The first-order valence-corrected chi connectivity index (χ1v) is 7.24. The average molecular weight is 248 g/mol. The Morgan fingerprint density at radius 1 is 1.06 bits per heavy atom. The maximum Gasteiger partial charge on any atom is 0.276 e. The molecule has 7 heteroatoms. The molecule has 6 nitrogen and oxygen atoms in total. The van der Waals surface area contributed by atoms with Gasteiger partial charge in [0, 0.05) is 25.2 Å². The van der Waals surface area contributed by atoms with Gasteiger partial charge in [-0.05, 0) is 32.4 Å². The van der Waals surface area contributed by atoms with E-state index >= 15 is 0 Å². The highest BCUT2D eigenvalue weighted by Gasteiger charge is 2.33. The van der Waals surface area contributed by atoms with Gasteiger partial charge in [-0.3, -0.25) is 4.90 Å². The second-order valence-electron chi connectivity index (χ2n) is 4.72. The lowest BCUT2D eigenvalue weighted by molar-refractivity contribution is 0.159. The van der Waals surface area contributed by atoms with Gasteiger partial charge in [0.2, 0.25) is 0 Å². The van der Waals surface area contributed by atoms with Gasteiger partial charge in [-0.15, -0.1) is 0 Å². The zero-order valence-corrected chi connectivity index (χ0v) is 10.2. The molecule has 94 valence electrons. The maximum atomic E-state index is 11.2. The smallest absolute Gasteiger partial charge is 0.276 e. The van der Waals surface area contributed by atoms with Crippen LogP contribution in [0.3, 0.4) is 0 Å². The highest BCUT2D eigenvalue weighted by atomic mass is 32.2. The average Bonchev–Trinajstić information content (AvgIpc) is 2.67. The molecule has 0 aliphatic carbocycles. The normalized spacial score (nSPS) is 31.0. The molecule has 0 spiro atoms. The van der Waals surface area contributed by atoms with Crippen molar-refractivity contribution in [3.8, 4) is 0 Å². The molecule has 0 aromatic heterocycles. The van der Waals surface area contributed by atoms with Crippen molar-refractivity contribution in [3.63, 3.8) is 0 Å². The molecule has 2 aliphatic rings. The molecule has 0 aromatic rings. The van der Waals surface area contributed by atoms with Crippen LogP contribution in [0.15, 0.2) is 0 Å². The van der Waals surface area contributed by atoms with Gasteiger partial charge >= 0.3 is 0 Å². The third-order valence-electron chi connectivity index (χ3n) is 3.58. The number of hydrogen-bond acceptors (Lipinski definition) is 4. The number of piperidine rings is 1. The number of hydrogen-bond donors (Lipinski definition) is 2. The van der Waals surface area contributed by atoms with Gasteiger partial charge in [-0.25, -0.2) is 5.14 Å². The Balaban J connectivity index is 1.89. The molecule has 4 N–H and O–H groups in total. The third-order valence-corrected chi connectivity index (χ3v) is 4.63. The summed E-state index contributed by atoms with van der Waals surface area (Å²) in [6.45, 7) is 3.04. The van der Waals surface area contributed by atoms with Crippen molar-refractivity contribution in [1.82, 2.24) is 9.21 Å². The fourth-order valence-corrected chi connectivity index (χ4v) is 3.26. The summed E-state index contributed by atoms with van der Waals surface area (Å²) < 4.78 is 23.7. The molecular weight excluding hydrogens is 228 g/mol. The van der Waals surface area contributed by atoms with E-state index in [1.54, 1.807) is 0 Å². The van der Waals surface area contributed by atoms with Gasteiger partial charge in [0.1, 0.15) is 0 Å². The van der Waals surface area contributed by atoms with Crippen molar-refractivity contribution in [2.45, 2.75) is 31.3 Å². The lowest BCUT2D eigenvalue weighted by Gasteiger charge is -2.34. The molecule has 0 aromatic carbocycles. The predicted molar refractivity (Wildman–Crippen MR) is 61.9 cm³/mol. The molecule has 1 atom stereocenters. The standard InChI is InChI=1S/C9H20N4O2S/c10-8-1-4-12(5-2-8)9-3-6-13(7-9)16(11,14)15/h8-9H,1-7,10H2,(H2,11,14,15). The molecule has 2 fully saturated rings. The Kier molecular flexibility index (Phi) is 3.50. The predicted octanol–water partition coefficient (Wildman–Crippen LogP) is -1.31. The topological polar surface area (TPSA) is 92.7 Å². The Bertz CT molecular complexity index is 337. The van der Waals surface area contributed by atoms with Gasteiger partial charge in [0.25, 0.3) is 10.2 Å². The van der Waals surface area contributed by atoms with Crippen LogP contribution in [-0.4, -0.2) is 55.9 Å². The number of nitrogens with zero attached hydrogens (tertiary/aromatic N) is 2. The van der Waals surface area contributed by atoms with E-state index in [1.165, 1.54) is 4.31 Å². The fourth-order valence-electron chi connectivity index (χ4n) is 2.52. The largest absolute Gasteiger partial charge is 0.328 e. The van der Waals surface area contributed by atoms with E-state index in [-0.39, 0.29) is 0 Å². The van der Waals surface area contributed by atoms with E-state index in [4.69, 9.17) is 10.9 Å². The molecule has 1 unspecified atom stereocenters. The van der Waals surface area contributed by atoms with Crippen LogP contribution in [0.4, 0.5) is 0 Å². The van der Waals surface area contributed by atoms with E-state index < -0.39 is 10.2 Å². The summed E-state index contributed by atoms with van der Waals surface area (Å²) in [4.78, 5) is 2.34. The minimum absolute atomic E-state index is 0.312. The highest BCUT2D eigenvalue weighted by Crippen LogP contribution is 2.20. The van der Waals surface area contributed by atoms with Crippen LogP contribution in [0.5, 0.6) is 0 Å². The molecule has 0 radical (unpaired) electrons. The summed E-state index contributed by atoms with van der Waals surface area (Å²) in [6, 6.07) is 0.637. The van der Waals surface area contributed by atoms with Crippen molar-refractivity contribution in [3.05, 3.63) is 0 Å². The molecule has 2 heterocycles. The molecule has 0 saturated carbocycles. The molecule has 2 saturated heterocycles. The van der Waals surface area contributed by atoms with E-state index in [9.17, 15) is 8.42 Å².